The van der Waals surface area contributed by atoms with E-state index in [1.54, 1.807) is 10.6 Å². The lowest BCUT2D eigenvalue weighted by Gasteiger charge is -2.42. The second-order valence-corrected chi connectivity index (χ2v) is 9.21. The number of aromatic nitrogens is 5. The SMILES string of the molecule is Nc1ncnc2c1ncn2Cc1cc(-c2ccc(F)c(F)c2F)ncc1N1CCC[C@](N)(CC(F)F)C1. The molecule has 4 heterocycles. The summed E-state index contributed by atoms with van der Waals surface area (Å²) in [5, 5.41) is 0. The molecule has 0 aliphatic carbocycles. The number of rotatable bonds is 6. The van der Waals surface area contributed by atoms with Crippen molar-refractivity contribution in [1.29, 1.82) is 0 Å². The van der Waals surface area contributed by atoms with Gasteiger partial charge in [0.05, 0.1) is 30.5 Å². The van der Waals surface area contributed by atoms with E-state index in [4.69, 9.17) is 11.5 Å². The molecule has 1 aliphatic rings. The van der Waals surface area contributed by atoms with Crippen molar-refractivity contribution < 1.29 is 22.0 Å². The van der Waals surface area contributed by atoms with E-state index in [2.05, 4.69) is 19.9 Å². The molecule has 1 aromatic carbocycles. The maximum Gasteiger partial charge on any atom is 0.240 e. The van der Waals surface area contributed by atoms with Gasteiger partial charge in [-0.25, -0.2) is 36.9 Å². The van der Waals surface area contributed by atoms with Crippen molar-refractivity contribution in [2.75, 3.05) is 23.7 Å². The lowest BCUT2D eigenvalue weighted by atomic mass is 9.86. The molecule has 37 heavy (non-hydrogen) atoms. The van der Waals surface area contributed by atoms with Crippen molar-refractivity contribution >= 4 is 22.7 Å². The molecular weight excluding hydrogens is 495 g/mol. The topological polar surface area (TPSA) is 112 Å². The first-order valence-electron chi connectivity index (χ1n) is 11.5. The summed E-state index contributed by atoms with van der Waals surface area (Å²) in [5.74, 6) is -4.09. The molecule has 0 unspecified atom stereocenters. The van der Waals surface area contributed by atoms with Crippen LogP contribution in [-0.2, 0) is 6.54 Å². The minimum Gasteiger partial charge on any atom is -0.382 e. The predicted octanol–water partition coefficient (Wildman–Crippen LogP) is 3.89. The number of hydrogen-bond donors (Lipinski definition) is 2. The first kappa shape index (κ1) is 24.8. The van der Waals surface area contributed by atoms with Crippen LogP contribution in [0, 0.1) is 17.5 Å². The van der Waals surface area contributed by atoms with E-state index >= 15 is 0 Å². The number of fused-ring (bicyclic) bond motifs is 1. The summed E-state index contributed by atoms with van der Waals surface area (Å²) in [6, 6.07) is 3.47. The van der Waals surface area contributed by atoms with Crippen LogP contribution in [0.4, 0.5) is 33.5 Å². The Bertz CT molecular complexity index is 1460. The number of pyridine rings is 1. The van der Waals surface area contributed by atoms with E-state index in [0.29, 0.717) is 41.8 Å². The van der Waals surface area contributed by atoms with E-state index in [9.17, 15) is 22.0 Å². The second kappa shape index (κ2) is 9.54. The van der Waals surface area contributed by atoms with Gasteiger partial charge in [-0.15, -0.1) is 0 Å². The van der Waals surface area contributed by atoms with Crippen molar-refractivity contribution in [3.05, 3.63) is 60.1 Å². The molecule has 1 fully saturated rings. The first-order valence-corrected chi connectivity index (χ1v) is 11.5. The molecule has 0 spiro atoms. The van der Waals surface area contributed by atoms with Gasteiger partial charge in [0.2, 0.25) is 6.43 Å². The fourth-order valence-corrected chi connectivity index (χ4v) is 4.81. The maximum absolute atomic E-state index is 14.6. The van der Waals surface area contributed by atoms with E-state index in [-0.39, 0.29) is 30.2 Å². The van der Waals surface area contributed by atoms with Crippen molar-refractivity contribution in [3.63, 3.8) is 0 Å². The molecule has 0 radical (unpaired) electrons. The number of nitrogen functional groups attached to an aromatic ring is 1. The van der Waals surface area contributed by atoms with E-state index < -0.39 is 35.8 Å². The Morgan fingerprint density at radius 3 is 2.65 bits per heavy atom. The fourth-order valence-electron chi connectivity index (χ4n) is 4.81. The average Bonchev–Trinajstić information content (AvgIpc) is 3.26. The third-order valence-electron chi connectivity index (χ3n) is 6.56. The van der Waals surface area contributed by atoms with Gasteiger partial charge in [0.15, 0.2) is 28.9 Å². The molecule has 1 atom stereocenters. The quantitative estimate of drug-likeness (QED) is 0.294. The summed E-state index contributed by atoms with van der Waals surface area (Å²) in [7, 11) is 0. The maximum atomic E-state index is 14.6. The van der Waals surface area contributed by atoms with Crippen molar-refractivity contribution in [3.8, 4) is 11.3 Å². The molecule has 0 amide bonds. The average molecular weight is 518 g/mol. The van der Waals surface area contributed by atoms with Gasteiger partial charge >= 0.3 is 0 Å². The molecule has 1 aliphatic heterocycles. The molecule has 4 aromatic rings. The third-order valence-corrected chi connectivity index (χ3v) is 6.56. The van der Waals surface area contributed by atoms with E-state index in [1.807, 2.05) is 4.90 Å². The summed E-state index contributed by atoms with van der Waals surface area (Å²) < 4.78 is 70.2. The van der Waals surface area contributed by atoms with Crippen LogP contribution < -0.4 is 16.4 Å². The summed E-state index contributed by atoms with van der Waals surface area (Å²) in [6.45, 7) is 0.853. The Balaban J connectivity index is 1.59. The Morgan fingerprint density at radius 1 is 1.05 bits per heavy atom. The molecule has 13 heteroatoms. The van der Waals surface area contributed by atoms with Crippen molar-refractivity contribution in [2.24, 2.45) is 5.73 Å². The number of hydrogen-bond acceptors (Lipinski definition) is 7. The lowest BCUT2D eigenvalue weighted by Crippen LogP contribution is -2.55. The van der Waals surface area contributed by atoms with E-state index in [1.165, 1.54) is 18.9 Å². The normalized spacial score (nSPS) is 18.2. The van der Waals surface area contributed by atoms with Crippen LogP contribution in [0.2, 0.25) is 0 Å². The Kier molecular flexibility index (Phi) is 6.40. The van der Waals surface area contributed by atoms with Gasteiger partial charge in [-0.2, -0.15) is 0 Å². The number of halogens is 5. The van der Waals surface area contributed by atoms with Crippen molar-refractivity contribution in [1.82, 2.24) is 24.5 Å². The highest BCUT2D eigenvalue weighted by Crippen LogP contribution is 2.34. The summed E-state index contributed by atoms with van der Waals surface area (Å²) in [4.78, 5) is 18.6. The molecule has 194 valence electrons. The number of piperidine rings is 1. The third kappa shape index (κ3) is 4.78. The van der Waals surface area contributed by atoms with Crippen LogP contribution in [0.5, 0.6) is 0 Å². The zero-order chi connectivity index (χ0) is 26.3. The smallest absolute Gasteiger partial charge is 0.240 e. The number of imidazole rings is 1. The molecule has 5 rings (SSSR count). The summed E-state index contributed by atoms with van der Waals surface area (Å²) >= 11 is 0. The van der Waals surface area contributed by atoms with Gasteiger partial charge in [-0.05, 0) is 36.6 Å². The minimum absolute atomic E-state index is 0.0670. The monoisotopic (exact) mass is 518 g/mol. The van der Waals surface area contributed by atoms with Gasteiger partial charge in [-0.3, -0.25) is 4.98 Å². The van der Waals surface area contributed by atoms with Crippen molar-refractivity contribution in [2.45, 2.75) is 37.8 Å². The van der Waals surface area contributed by atoms with Crippen LogP contribution in [-0.4, -0.2) is 49.6 Å². The highest BCUT2D eigenvalue weighted by molar-refractivity contribution is 5.81. The molecule has 0 bridgehead atoms. The zero-order valence-electron chi connectivity index (χ0n) is 19.5. The summed E-state index contributed by atoms with van der Waals surface area (Å²) in [6.07, 6.45) is 2.29. The lowest BCUT2D eigenvalue weighted by molar-refractivity contribution is 0.0983. The number of nitrogens with zero attached hydrogens (tertiary/aromatic N) is 6. The van der Waals surface area contributed by atoms with Gasteiger partial charge in [0.25, 0.3) is 0 Å². The van der Waals surface area contributed by atoms with Crippen LogP contribution in [0.3, 0.4) is 0 Å². The highest BCUT2D eigenvalue weighted by Gasteiger charge is 2.35. The van der Waals surface area contributed by atoms with Crippen LogP contribution in [0.25, 0.3) is 22.4 Å². The predicted molar refractivity (Wildman–Crippen MR) is 127 cm³/mol. The molecule has 4 N–H and O–H groups in total. The standard InChI is InChI=1S/C24H23F5N8/c25-15-3-2-14(19(28)20(15)29)16-6-13(9-37-12-35-21-22(30)33-11-34-23(21)37)17(8-32-16)36-5-1-4-24(31,10-36)7-18(26)27/h2-3,6,8,11-12,18H,1,4-5,7,9-10,31H2,(H2,30,33,34)/t24-/m0/s1. The molecule has 8 nitrogen and oxygen atoms in total. The minimum atomic E-state index is -2.55. The molecule has 0 saturated carbocycles. The van der Waals surface area contributed by atoms with Gasteiger partial charge in [0.1, 0.15) is 11.8 Å². The number of nitrogens with two attached hydrogens (primary N) is 2. The number of benzene rings is 1. The van der Waals surface area contributed by atoms with Gasteiger partial charge < -0.3 is 20.9 Å². The first-order chi connectivity index (χ1) is 17.6. The molecule has 3 aromatic heterocycles. The highest BCUT2D eigenvalue weighted by atomic mass is 19.3. The Labute approximate surface area is 208 Å². The van der Waals surface area contributed by atoms with Crippen LogP contribution in [0.15, 0.2) is 37.1 Å². The van der Waals surface area contributed by atoms with Crippen LogP contribution in [0.1, 0.15) is 24.8 Å². The van der Waals surface area contributed by atoms with Gasteiger partial charge in [0, 0.05) is 30.6 Å². The second-order valence-electron chi connectivity index (χ2n) is 9.21. The van der Waals surface area contributed by atoms with Gasteiger partial charge in [-0.1, -0.05) is 0 Å². The Morgan fingerprint density at radius 2 is 1.86 bits per heavy atom. The largest absolute Gasteiger partial charge is 0.382 e. The number of anilines is 2. The molecule has 1 saturated heterocycles. The fraction of sp³-hybridized carbons (Fsp3) is 0.333. The Hall–Kier alpha value is -3.87. The van der Waals surface area contributed by atoms with Crippen LogP contribution >= 0.6 is 0 Å². The molecular formula is C24H23F5N8. The number of alkyl halides is 2. The zero-order valence-corrected chi connectivity index (χ0v) is 19.5. The van der Waals surface area contributed by atoms with E-state index in [0.717, 1.165) is 12.1 Å². The summed E-state index contributed by atoms with van der Waals surface area (Å²) in [5.41, 5.74) is 13.0.